The van der Waals surface area contributed by atoms with Crippen LogP contribution < -0.4 is 5.32 Å². The number of rotatable bonds is 5. The van der Waals surface area contributed by atoms with Crippen LogP contribution in [0, 0.1) is 5.82 Å². The molecule has 1 aliphatic rings. The fourth-order valence-corrected chi connectivity index (χ4v) is 2.46. The van der Waals surface area contributed by atoms with Gasteiger partial charge in [0, 0.05) is 10.9 Å². The van der Waals surface area contributed by atoms with Crippen molar-refractivity contribution in [2.45, 2.75) is 36.0 Å². The predicted molar refractivity (Wildman–Crippen MR) is 69.8 cm³/mol. The largest absolute Gasteiger partial charge is 0.478 e. The Bertz CT molecular complexity index is 517. The van der Waals surface area contributed by atoms with E-state index in [1.807, 2.05) is 0 Å². The maximum atomic E-state index is 13.2. The lowest BCUT2D eigenvalue weighted by atomic mass is 10.2. The van der Waals surface area contributed by atoms with Gasteiger partial charge in [-0.15, -0.1) is 11.8 Å². The maximum absolute atomic E-state index is 13.2. The van der Waals surface area contributed by atoms with Gasteiger partial charge in [-0.2, -0.15) is 0 Å². The number of carbonyl (C=O) groups is 2. The maximum Gasteiger partial charge on any atom is 0.338 e. The summed E-state index contributed by atoms with van der Waals surface area (Å²) in [6.07, 6.45) is 2.03. The molecule has 1 saturated carbocycles. The molecule has 0 heterocycles. The Hall–Kier alpha value is -1.56. The number of thioether (sulfide) groups is 1. The molecule has 6 heteroatoms. The third-order valence-electron chi connectivity index (χ3n) is 2.77. The molecule has 1 fully saturated rings. The van der Waals surface area contributed by atoms with E-state index in [9.17, 15) is 14.0 Å². The zero-order chi connectivity index (χ0) is 14.0. The molecule has 0 aromatic heterocycles. The van der Waals surface area contributed by atoms with Crippen LogP contribution in [0.25, 0.3) is 0 Å². The molecular formula is C13H14FNO3S. The van der Waals surface area contributed by atoms with Crippen LogP contribution in [0.2, 0.25) is 0 Å². The number of halogens is 1. The van der Waals surface area contributed by atoms with E-state index in [-0.39, 0.29) is 16.7 Å². The average Bonchev–Trinajstić information content (AvgIpc) is 3.15. The van der Waals surface area contributed by atoms with E-state index in [1.165, 1.54) is 23.9 Å². The number of carboxylic acid groups (broad SMARTS) is 1. The fraction of sp³-hybridized carbons (Fsp3) is 0.385. The molecule has 1 amide bonds. The summed E-state index contributed by atoms with van der Waals surface area (Å²) < 4.78 is 13.2. The predicted octanol–water partition coefficient (Wildman–Crippen LogP) is 2.28. The Morgan fingerprint density at radius 1 is 1.47 bits per heavy atom. The Morgan fingerprint density at radius 2 is 2.16 bits per heavy atom. The highest BCUT2D eigenvalue weighted by atomic mass is 32.2. The van der Waals surface area contributed by atoms with Crippen LogP contribution in [0.4, 0.5) is 4.39 Å². The molecule has 19 heavy (non-hydrogen) atoms. The highest BCUT2D eigenvalue weighted by molar-refractivity contribution is 8.00. The van der Waals surface area contributed by atoms with Gasteiger partial charge in [0.2, 0.25) is 5.91 Å². The van der Waals surface area contributed by atoms with Crippen LogP contribution in [-0.4, -0.2) is 28.3 Å². The highest BCUT2D eigenvalue weighted by Gasteiger charge is 2.26. The van der Waals surface area contributed by atoms with Gasteiger partial charge in [-0.3, -0.25) is 4.79 Å². The monoisotopic (exact) mass is 283 g/mol. The Labute approximate surface area is 114 Å². The van der Waals surface area contributed by atoms with Crippen molar-refractivity contribution >= 4 is 23.6 Å². The fourth-order valence-electron chi connectivity index (χ4n) is 1.55. The summed E-state index contributed by atoms with van der Waals surface area (Å²) in [6, 6.07) is 4.13. The van der Waals surface area contributed by atoms with Crippen LogP contribution >= 0.6 is 11.8 Å². The zero-order valence-electron chi connectivity index (χ0n) is 10.4. The molecule has 4 nitrogen and oxygen atoms in total. The highest BCUT2D eigenvalue weighted by Crippen LogP contribution is 2.27. The molecule has 1 aromatic rings. The van der Waals surface area contributed by atoms with Gasteiger partial charge in [0.15, 0.2) is 0 Å². The molecule has 1 aromatic carbocycles. The first-order valence-electron chi connectivity index (χ1n) is 5.97. The van der Waals surface area contributed by atoms with Crippen molar-refractivity contribution in [2.75, 3.05) is 0 Å². The first-order valence-corrected chi connectivity index (χ1v) is 6.85. The zero-order valence-corrected chi connectivity index (χ0v) is 11.2. The number of hydrogen-bond acceptors (Lipinski definition) is 3. The summed E-state index contributed by atoms with van der Waals surface area (Å²) in [5.41, 5.74) is -0.375. The van der Waals surface area contributed by atoms with Crippen molar-refractivity contribution < 1.29 is 19.1 Å². The van der Waals surface area contributed by atoms with Gasteiger partial charge in [-0.25, -0.2) is 9.18 Å². The second kappa shape index (κ2) is 5.61. The SMILES string of the molecule is CC(Sc1ccc(F)c(C(=O)O)c1)C(=O)NC1CC1. The molecular weight excluding hydrogens is 269 g/mol. The van der Waals surface area contributed by atoms with Gasteiger partial charge >= 0.3 is 5.97 Å². The van der Waals surface area contributed by atoms with Crippen molar-refractivity contribution in [3.05, 3.63) is 29.6 Å². The summed E-state index contributed by atoms with van der Waals surface area (Å²) in [5.74, 6) is -2.16. The lowest BCUT2D eigenvalue weighted by molar-refractivity contribution is -0.120. The molecule has 0 bridgehead atoms. The molecule has 1 atom stereocenters. The smallest absolute Gasteiger partial charge is 0.338 e. The van der Waals surface area contributed by atoms with E-state index < -0.39 is 11.8 Å². The third kappa shape index (κ3) is 3.70. The van der Waals surface area contributed by atoms with Gasteiger partial charge in [0.05, 0.1) is 10.8 Å². The Kier molecular flexibility index (Phi) is 4.09. The summed E-state index contributed by atoms with van der Waals surface area (Å²) >= 11 is 1.22. The molecule has 0 radical (unpaired) electrons. The quantitative estimate of drug-likeness (QED) is 0.814. The van der Waals surface area contributed by atoms with Gasteiger partial charge in [-0.1, -0.05) is 0 Å². The van der Waals surface area contributed by atoms with E-state index in [1.54, 1.807) is 6.92 Å². The van der Waals surface area contributed by atoms with E-state index >= 15 is 0 Å². The Balaban J connectivity index is 2.03. The molecule has 0 spiro atoms. The molecule has 1 unspecified atom stereocenters. The minimum absolute atomic E-state index is 0.0753. The number of hydrogen-bond donors (Lipinski definition) is 2. The molecule has 0 saturated heterocycles. The minimum atomic E-state index is -1.31. The number of carboxylic acids is 1. The molecule has 2 rings (SSSR count). The van der Waals surface area contributed by atoms with Gasteiger partial charge in [0.25, 0.3) is 0 Å². The summed E-state index contributed by atoms with van der Waals surface area (Å²) in [7, 11) is 0. The van der Waals surface area contributed by atoms with E-state index in [0.717, 1.165) is 18.9 Å². The summed E-state index contributed by atoms with van der Waals surface area (Å²) in [4.78, 5) is 23.1. The van der Waals surface area contributed by atoms with Crippen LogP contribution in [0.15, 0.2) is 23.1 Å². The normalized spacial score (nSPS) is 15.9. The number of amides is 1. The topological polar surface area (TPSA) is 66.4 Å². The van der Waals surface area contributed by atoms with Crippen LogP contribution in [-0.2, 0) is 4.79 Å². The molecule has 0 aliphatic heterocycles. The first-order chi connectivity index (χ1) is 8.97. The molecule has 102 valence electrons. The van der Waals surface area contributed by atoms with Crippen molar-refractivity contribution in [3.63, 3.8) is 0 Å². The number of carbonyl (C=O) groups excluding carboxylic acids is 1. The van der Waals surface area contributed by atoms with Crippen LogP contribution in [0.1, 0.15) is 30.1 Å². The van der Waals surface area contributed by atoms with E-state index in [4.69, 9.17) is 5.11 Å². The number of benzene rings is 1. The van der Waals surface area contributed by atoms with Crippen LogP contribution in [0.5, 0.6) is 0 Å². The number of nitrogens with one attached hydrogen (secondary N) is 1. The summed E-state index contributed by atoms with van der Waals surface area (Å²) in [6.45, 7) is 1.74. The van der Waals surface area contributed by atoms with Crippen molar-refractivity contribution in [1.82, 2.24) is 5.32 Å². The average molecular weight is 283 g/mol. The van der Waals surface area contributed by atoms with Crippen LogP contribution in [0.3, 0.4) is 0 Å². The Morgan fingerprint density at radius 3 is 2.74 bits per heavy atom. The molecule has 2 N–H and O–H groups in total. The second-order valence-corrected chi connectivity index (χ2v) is 5.90. The van der Waals surface area contributed by atoms with E-state index in [0.29, 0.717) is 10.9 Å². The summed E-state index contributed by atoms with van der Waals surface area (Å²) in [5, 5.41) is 11.4. The number of aromatic carboxylic acids is 1. The third-order valence-corrected chi connectivity index (χ3v) is 3.87. The van der Waals surface area contributed by atoms with Crippen molar-refractivity contribution in [3.8, 4) is 0 Å². The van der Waals surface area contributed by atoms with Crippen molar-refractivity contribution in [2.24, 2.45) is 0 Å². The van der Waals surface area contributed by atoms with Gasteiger partial charge < -0.3 is 10.4 Å². The van der Waals surface area contributed by atoms with Crippen molar-refractivity contribution in [1.29, 1.82) is 0 Å². The van der Waals surface area contributed by atoms with Gasteiger partial charge in [-0.05, 0) is 38.0 Å². The standard InChI is InChI=1S/C13H14FNO3S/c1-7(12(16)15-8-2-3-8)19-9-4-5-11(14)10(6-9)13(17)18/h4-8H,2-3H2,1H3,(H,15,16)(H,17,18). The minimum Gasteiger partial charge on any atom is -0.478 e. The second-order valence-electron chi connectivity index (χ2n) is 4.49. The first kappa shape index (κ1) is 13.9. The van der Waals surface area contributed by atoms with E-state index in [2.05, 4.69) is 5.32 Å². The lowest BCUT2D eigenvalue weighted by Gasteiger charge is -2.11. The lowest BCUT2D eigenvalue weighted by Crippen LogP contribution is -2.32. The van der Waals surface area contributed by atoms with Gasteiger partial charge in [0.1, 0.15) is 5.82 Å². The molecule has 1 aliphatic carbocycles.